The normalized spacial score (nSPS) is 12.0. The van der Waals surface area contributed by atoms with Crippen LogP contribution in [0.4, 0.5) is 0 Å². The summed E-state index contributed by atoms with van der Waals surface area (Å²) in [5.41, 5.74) is 9.45. The van der Waals surface area contributed by atoms with E-state index in [9.17, 15) is 0 Å². The lowest BCUT2D eigenvalue weighted by atomic mass is 9.94. The average Bonchev–Trinajstić information content (AvgIpc) is 3.74. The van der Waals surface area contributed by atoms with E-state index in [2.05, 4.69) is 133 Å². The Morgan fingerprint density at radius 3 is 2.00 bits per heavy atom. The first-order valence-electron chi connectivity index (χ1n) is 16.8. The molecule has 0 atom stereocenters. The van der Waals surface area contributed by atoms with Crippen molar-refractivity contribution in [3.63, 3.8) is 0 Å². The number of furan rings is 2. The van der Waals surface area contributed by atoms with Crippen LogP contribution in [0.5, 0.6) is 0 Å². The molecule has 11 rings (SSSR count). The van der Waals surface area contributed by atoms with Gasteiger partial charge < -0.3 is 8.83 Å². The van der Waals surface area contributed by atoms with Crippen LogP contribution < -0.4 is 0 Å². The molecule has 0 fully saturated rings. The van der Waals surface area contributed by atoms with Gasteiger partial charge in [-0.05, 0) is 75.8 Å². The van der Waals surface area contributed by atoms with Crippen LogP contribution in [0.1, 0.15) is 0 Å². The van der Waals surface area contributed by atoms with Gasteiger partial charge in [0.15, 0.2) is 5.82 Å². The molecule has 3 aromatic heterocycles. The van der Waals surface area contributed by atoms with Crippen LogP contribution in [-0.2, 0) is 0 Å². The number of rotatable bonds is 3. The van der Waals surface area contributed by atoms with Crippen LogP contribution in [-0.4, -0.2) is 9.97 Å². The zero-order valence-corrected chi connectivity index (χ0v) is 26.7. The van der Waals surface area contributed by atoms with Gasteiger partial charge >= 0.3 is 0 Å². The first kappa shape index (κ1) is 27.2. The van der Waals surface area contributed by atoms with Gasteiger partial charge in [0.25, 0.3) is 0 Å². The van der Waals surface area contributed by atoms with Crippen LogP contribution in [0.25, 0.3) is 110 Å². The number of hydrogen-bond acceptors (Lipinski definition) is 4. The highest BCUT2D eigenvalue weighted by Gasteiger charge is 2.20. The molecule has 0 saturated carbocycles. The Morgan fingerprint density at radius 2 is 1.12 bits per heavy atom. The number of para-hydroxylation sites is 1. The Kier molecular flexibility index (Phi) is 5.63. The summed E-state index contributed by atoms with van der Waals surface area (Å²) < 4.78 is 13.0. The molecule has 0 N–H and O–H groups in total. The summed E-state index contributed by atoms with van der Waals surface area (Å²) in [7, 11) is 0. The van der Waals surface area contributed by atoms with Gasteiger partial charge in [-0.15, -0.1) is 0 Å². The molecule has 11 aromatic rings. The van der Waals surface area contributed by atoms with Crippen molar-refractivity contribution in [3.05, 3.63) is 158 Å². The van der Waals surface area contributed by atoms with Crippen molar-refractivity contribution < 1.29 is 8.83 Å². The smallest absolute Gasteiger partial charge is 0.161 e. The van der Waals surface area contributed by atoms with Gasteiger partial charge in [0, 0.05) is 43.4 Å². The maximum Gasteiger partial charge on any atom is 0.161 e. The number of nitrogens with zero attached hydrogens (tertiary/aromatic N) is 2. The molecule has 232 valence electrons. The molecule has 0 aliphatic carbocycles. The molecule has 0 bridgehead atoms. The van der Waals surface area contributed by atoms with Crippen molar-refractivity contribution in [2.75, 3.05) is 0 Å². The molecule has 0 unspecified atom stereocenters. The quantitative estimate of drug-likeness (QED) is 0.193. The summed E-state index contributed by atoms with van der Waals surface area (Å²) in [5, 5.41) is 9.80. The van der Waals surface area contributed by atoms with Gasteiger partial charge in [-0.1, -0.05) is 109 Å². The topological polar surface area (TPSA) is 52.1 Å². The standard InChI is InChI=1S/C46H26N2O2/c1-2-11-27(12-3-1)35-26-38-43-34(18-10-20-41(43)50-45(38)32-16-7-6-15-31(32)35)46-47-39-19-9-8-17-33(39)44(48-46)30-21-22-40-36(24-30)37-23-28-13-4-5-14-29(28)25-42(37)49-40/h1-26H. The van der Waals surface area contributed by atoms with Crippen molar-refractivity contribution in [1.82, 2.24) is 9.97 Å². The van der Waals surface area contributed by atoms with Crippen LogP contribution in [0.3, 0.4) is 0 Å². The third kappa shape index (κ3) is 3.99. The number of benzene rings is 8. The Labute approximate surface area is 285 Å². The molecular weight excluding hydrogens is 613 g/mol. The highest BCUT2D eigenvalue weighted by atomic mass is 16.3. The van der Waals surface area contributed by atoms with E-state index >= 15 is 0 Å². The highest BCUT2D eigenvalue weighted by molar-refractivity contribution is 6.22. The average molecular weight is 639 g/mol. The molecule has 0 radical (unpaired) electrons. The van der Waals surface area contributed by atoms with Crippen LogP contribution in [0, 0.1) is 0 Å². The van der Waals surface area contributed by atoms with Crippen molar-refractivity contribution in [1.29, 1.82) is 0 Å². The van der Waals surface area contributed by atoms with Gasteiger partial charge in [0.1, 0.15) is 22.3 Å². The van der Waals surface area contributed by atoms with Crippen molar-refractivity contribution in [2.24, 2.45) is 0 Å². The summed E-state index contributed by atoms with van der Waals surface area (Å²) in [6.07, 6.45) is 0. The van der Waals surface area contributed by atoms with E-state index in [1.807, 2.05) is 24.3 Å². The molecule has 4 heteroatoms. The molecule has 4 nitrogen and oxygen atoms in total. The lowest BCUT2D eigenvalue weighted by Crippen LogP contribution is -1.95. The predicted octanol–water partition coefficient (Wildman–Crippen LogP) is 12.7. The van der Waals surface area contributed by atoms with Gasteiger partial charge in [0.2, 0.25) is 0 Å². The fourth-order valence-corrected chi connectivity index (χ4v) is 7.72. The third-order valence-corrected chi connectivity index (χ3v) is 10.0. The molecular formula is C46H26N2O2. The predicted molar refractivity (Wildman–Crippen MR) is 205 cm³/mol. The zero-order valence-electron chi connectivity index (χ0n) is 26.7. The second-order valence-electron chi connectivity index (χ2n) is 12.9. The Morgan fingerprint density at radius 1 is 0.380 bits per heavy atom. The van der Waals surface area contributed by atoms with E-state index in [1.54, 1.807) is 0 Å². The van der Waals surface area contributed by atoms with E-state index in [-0.39, 0.29) is 0 Å². The summed E-state index contributed by atoms with van der Waals surface area (Å²) in [6, 6.07) is 54.9. The summed E-state index contributed by atoms with van der Waals surface area (Å²) >= 11 is 0. The fourth-order valence-electron chi connectivity index (χ4n) is 7.72. The van der Waals surface area contributed by atoms with Crippen molar-refractivity contribution in [3.8, 4) is 33.8 Å². The Bertz CT molecular complexity index is 3150. The molecule has 0 amide bonds. The number of hydrogen-bond donors (Lipinski definition) is 0. The fraction of sp³-hybridized carbons (Fsp3) is 0. The van der Waals surface area contributed by atoms with E-state index in [0.717, 1.165) is 93.3 Å². The second-order valence-corrected chi connectivity index (χ2v) is 12.9. The highest BCUT2D eigenvalue weighted by Crippen LogP contribution is 2.43. The third-order valence-electron chi connectivity index (χ3n) is 10.0. The summed E-state index contributed by atoms with van der Waals surface area (Å²) in [6.45, 7) is 0. The largest absolute Gasteiger partial charge is 0.456 e. The van der Waals surface area contributed by atoms with Crippen LogP contribution >= 0.6 is 0 Å². The van der Waals surface area contributed by atoms with Crippen molar-refractivity contribution in [2.45, 2.75) is 0 Å². The minimum absolute atomic E-state index is 0.657. The SMILES string of the molecule is c1ccc(-c2cc3c(oc4cccc(-c5nc(-c6ccc7oc8cc9ccccc9cc8c7c6)c6ccccc6n5)c43)c3ccccc23)cc1. The van der Waals surface area contributed by atoms with Gasteiger partial charge in [-0.3, -0.25) is 0 Å². The molecule has 8 aromatic carbocycles. The van der Waals surface area contributed by atoms with Crippen LogP contribution in [0.15, 0.2) is 167 Å². The lowest BCUT2D eigenvalue weighted by molar-refractivity contribution is 0.669. The molecule has 0 aliphatic rings. The van der Waals surface area contributed by atoms with Gasteiger partial charge in [-0.2, -0.15) is 0 Å². The summed E-state index contributed by atoms with van der Waals surface area (Å²) in [5.74, 6) is 0.657. The maximum absolute atomic E-state index is 6.67. The minimum Gasteiger partial charge on any atom is -0.456 e. The van der Waals surface area contributed by atoms with E-state index < -0.39 is 0 Å². The van der Waals surface area contributed by atoms with Gasteiger partial charge in [0.05, 0.1) is 11.2 Å². The second kappa shape index (κ2) is 10.4. The number of aromatic nitrogens is 2. The molecule has 0 aliphatic heterocycles. The van der Waals surface area contributed by atoms with E-state index in [4.69, 9.17) is 18.8 Å². The monoisotopic (exact) mass is 638 g/mol. The molecule has 50 heavy (non-hydrogen) atoms. The first-order chi connectivity index (χ1) is 24.8. The molecule has 3 heterocycles. The summed E-state index contributed by atoms with van der Waals surface area (Å²) in [4.78, 5) is 10.5. The Balaban J connectivity index is 1.17. The minimum atomic E-state index is 0.657. The molecule has 0 spiro atoms. The number of fused-ring (bicyclic) bond motifs is 10. The van der Waals surface area contributed by atoms with E-state index in [1.165, 1.54) is 10.9 Å². The first-order valence-corrected chi connectivity index (χ1v) is 16.8. The lowest BCUT2D eigenvalue weighted by Gasteiger charge is -2.11. The van der Waals surface area contributed by atoms with Gasteiger partial charge in [-0.25, -0.2) is 9.97 Å². The maximum atomic E-state index is 6.67. The Hall–Kier alpha value is -6.78. The van der Waals surface area contributed by atoms with Crippen LogP contribution in [0.2, 0.25) is 0 Å². The van der Waals surface area contributed by atoms with Crippen molar-refractivity contribution >= 4 is 76.3 Å². The molecule has 0 saturated heterocycles. The zero-order chi connectivity index (χ0) is 32.8. The van der Waals surface area contributed by atoms with E-state index in [0.29, 0.717) is 5.82 Å².